The molecule has 0 atom stereocenters. The molecular weight excluding hydrogens is 286 g/mol. The van der Waals surface area contributed by atoms with Crippen LogP contribution >= 0.6 is 0 Å². The van der Waals surface area contributed by atoms with Crippen LogP contribution in [0.4, 0.5) is 0 Å². The third-order valence-electron chi connectivity index (χ3n) is 3.45. The van der Waals surface area contributed by atoms with E-state index in [9.17, 15) is 9.59 Å². The molecule has 2 rings (SSSR count). The van der Waals surface area contributed by atoms with E-state index in [1.165, 1.54) is 21.3 Å². The molecule has 0 bridgehead atoms. The summed E-state index contributed by atoms with van der Waals surface area (Å²) >= 11 is 0. The topological polar surface area (TPSA) is 74.2 Å². The Morgan fingerprint density at radius 3 is 2.55 bits per heavy atom. The van der Waals surface area contributed by atoms with Crippen LogP contribution in [0.3, 0.4) is 0 Å². The third kappa shape index (κ3) is 3.00. The van der Waals surface area contributed by atoms with Crippen molar-refractivity contribution in [1.29, 1.82) is 0 Å². The van der Waals surface area contributed by atoms with E-state index in [1.807, 2.05) is 0 Å². The number of esters is 1. The highest BCUT2D eigenvalue weighted by Gasteiger charge is 2.22. The summed E-state index contributed by atoms with van der Waals surface area (Å²) < 4.78 is 15.0. The lowest BCUT2D eigenvalue weighted by atomic mass is 9.93. The molecule has 0 radical (unpaired) electrons. The molecule has 0 spiro atoms. The van der Waals surface area contributed by atoms with Crippen molar-refractivity contribution >= 4 is 23.7 Å². The van der Waals surface area contributed by atoms with Crippen molar-refractivity contribution in [3.63, 3.8) is 0 Å². The first-order valence-electron chi connectivity index (χ1n) is 6.71. The molecule has 0 saturated heterocycles. The van der Waals surface area contributed by atoms with E-state index < -0.39 is 5.97 Å². The zero-order valence-electron chi connectivity index (χ0n) is 12.7. The van der Waals surface area contributed by atoms with Crippen LogP contribution in [0, 0.1) is 0 Å². The lowest BCUT2D eigenvalue weighted by molar-refractivity contribution is -0.104. The lowest BCUT2D eigenvalue weighted by Crippen LogP contribution is -2.12. The van der Waals surface area contributed by atoms with Crippen molar-refractivity contribution in [1.82, 2.24) is 0 Å². The molecule has 0 saturated carbocycles. The SMILES string of the molecule is COC(=O)c1cc(OC)ccc1C1=C(C=O)N=C(OC)CC1. The number of methoxy groups -OCH3 is 3. The van der Waals surface area contributed by atoms with Gasteiger partial charge in [-0.05, 0) is 29.7 Å². The smallest absolute Gasteiger partial charge is 0.338 e. The van der Waals surface area contributed by atoms with Crippen LogP contribution in [0.15, 0.2) is 28.9 Å². The maximum Gasteiger partial charge on any atom is 0.338 e. The molecule has 1 aromatic rings. The van der Waals surface area contributed by atoms with Crippen LogP contribution in [0.5, 0.6) is 5.75 Å². The first-order chi connectivity index (χ1) is 10.6. The average Bonchev–Trinajstić information content (AvgIpc) is 2.59. The number of nitrogens with zero attached hydrogens (tertiary/aromatic N) is 1. The highest BCUT2D eigenvalue weighted by atomic mass is 16.5. The lowest BCUT2D eigenvalue weighted by Gasteiger charge is -2.18. The highest BCUT2D eigenvalue weighted by Crippen LogP contribution is 2.32. The fourth-order valence-corrected chi connectivity index (χ4v) is 2.33. The van der Waals surface area contributed by atoms with Crippen LogP contribution in [-0.2, 0) is 14.3 Å². The summed E-state index contributed by atoms with van der Waals surface area (Å²) in [4.78, 5) is 27.5. The first kappa shape index (κ1) is 15.8. The van der Waals surface area contributed by atoms with Gasteiger partial charge < -0.3 is 14.2 Å². The molecule has 0 unspecified atom stereocenters. The van der Waals surface area contributed by atoms with Gasteiger partial charge in [-0.15, -0.1) is 0 Å². The minimum absolute atomic E-state index is 0.262. The van der Waals surface area contributed by atoms with Gasteiger partial charge in [-0.1, -0.05) is 6.07 Å². The maximum absolute atomic E-state index is 12.0. The minimum atomic E-state index is -0.492. The van der Waals surface area contributed by atoms with Crippen LogP contribution in [-0.4, -0.2) is 39.5 Å². The van der Waals surface area contributed by atoms with E-state index in [0.717, 1.165) is 0 Å². The van der Waals surface area contributed by atoms with E-state index in [-0.39, 0.29) is 5.70 Å². The molecular formula is C16H17NO5. The molecule has 1 aliphatic rings. The normalized spacial score (nSPS) is 14.2. The van der Waals surface area contributed by atoms with Gasteiger partial charge >= 0.3 is 5.97 Å². The number of ether oxygens (including phenoxy) is 3. The first-order valence-corrected chi connectivity index (χ1v) is 6.71. The number of hydrogen-bond donors (Lipinski definition) is 0. The maximum atomic E-state index is 12.0. The third-order valence-corrected chi connectivity index (χ3v) is 3.45. The molecule has 1 aliphatic heterocycles. The van der Waals surface area contributed by atoms with Crippen LogP contribution in [0.1, 0.15) is 28.8 Å². The summed E-state index contributed by atoms with van der Waals surface area (Å²) in [7, 11) is 4.34. The summed E-state index contributed by atoms with van der Waals surface area (Å²) in [5.41, 5.74) is 1.91. The van der Waals surface area contributed by atoms with Gasteiger partial charge in [0, 0.05) is 6.42 Å². The molecule has 0 aromatic heterocycles. The monoisotopic (exact) mass is 303 g/mol. The summed E-state index contributed by atoms with van der Waals surface area (Å²) in [5, 5.41) is 0. The molecule has 0 N–H and O–H groups in total. The predicted molar refractivity (Wildman–Crippen MR) is 81.0 cm³/mol. The molecule has 1 aromatic carbocycles. The number of hydrogen-bond acceptors (Lipinski definition) is 6. The Labute approximate surface area is 128 Å². The second kappa shape index (κ2) is 6.89. The Morgan fingerprint density at radius 2 is 1.95 bits per heavy atom. The summed E-state index contributed by atoms with van der Waals surface area (Å²) in [5.74, 6) is 0.543. The predicted octanol–water partition coefficient (Wildman–Crippen LogP) is 2.23. The largest absolute Gasteiger partial charge is 0.497 e. The number of carbonyl (C=O) groups excluding carboxylic acids is 2. The second-order valence-corrected chi connectivity index (χ2v) is 4.59. The van der Waals surface area contributed by atoms with Crippen molar-refractivity contribution in [2.45, 2.75) is 12.8 Å². The zero-order chi connectivity index (χ0) is 16.1. The Balaban J connectivity index is 2.60. The Kier molecular flexibility index (Phi) is 4.93. The summed E-state index contributed by atoms with van der Waals surface area (Å²) in [6, 6.07) is 5.05. The average molecular weight is 303 g/mol. The number of aliphatic imine (C=N–C) groups is 1. The molecule has 6 heteroatoms. The minimum Gasteiger partial charge on any atom is -0.497 e. The van der Waals surface area contributed by atoms with Gasteiger partial charge in [0.05, 0.1) is 26.9 Å². The number of carbonyl (C=O) groups is 2. The highest BCUT2D eigenvalue weighted by molar-refractivity contribution is 6.01. The number of allylic oxidation sites excluding steroid dienone is 2. The van der Waals surface area contributed by atoms with Crippen molar-refractivity contribution < 1.29 is 23.8 Å². The van der Waals surface area contributed by atoms with Gasteiger partial charge in [-0.3, -0.25) is 4.79 Å². The quantitative estimate of drug-likeness (QED) is 0.630. The van der Waals surface area contributed by atoms with Gasteiger partial charge in [0.2, 0.25) is 0 Å². The van der Waals surface area contributed by atoms with Crippen LogP contribution in [0.2, 0.25) is 0 Å². The van der Waals surface area contributed by atoms with E-state index >= 15 is 0 Å². The molecule has 0 fully saturated rings. The fourth-order valence-electron chi connectivity index (χ4n) is 2.33. The van der Waals surface area contributed by atoms with Gasteiger partial charge in [0.1, 0.15) is 11.4 Å². The van der Waals surface area contributed by atoms with E-state index in [0.29, 0.717) is 47.5 Å². The molecule has 0 aliphatic carbocycles. The van der Waals surface area contributed by atoms with Crippen molar-refractivity contribution in [2.24, 2.45) is 4.99 Å². The number of rotatable bonds is 4. The number of benzene rings is 1. The Bertz CT molecular complexity index is 661. The number of aldehydes is 1. The summed E-state index contributed by atoms with van der Waals surface area (Å²) in [6.07, 6.45) is 1.78. The second-order valence-electron chi connectivity index (χ2n) is 4.59. The molecule has 6 nitrogen and oxygen atoms in total. The molecule has 1 heterocycles. The van der Waals surface area contributed by atoms with Crippen molar-refractivity contribution in [3.8, 4) is 5.75 Å². The van der Waals surface area contributed by atoms with Gasteiger partial charge in [0.25, 0.3) is 0 Å². The van der Waals surface area contributed by atoms with Gasteiger partial charge in [0.15, 0.2) is 12.2 Å². The van der Waals surface area contributed by atoms with E-state index in [1.54, 1.807) is 18.2 Å². The summed E-state index contributed by atoms with van der Waals surface area (Å²) in [6.45, 7) is 0. The Hall–Kier alpha value is -2.63. The fraction of sp³-hybridized carbons (Fsp3) is 0.312. The van der Waals surface area contributed by atoms with Crippen molar-refractivity contribution in [3.05, 3.63) is 35.0 Å². The van der Waals surface area contributed by atoms with Crippen LogP contribution in [0.25, 0.3) is 5.57 Å². The molecule has 0 amide bonds. The van der Waals surface area contributed by atoms with Crippen molar-refractivity contribution in [2.75, 3.05) is 21.3 Å². The van der Waals surface area contributed by atoms with E-state index in [2.05, 4.69) is 4.99 Å². The Morgan fingerprint density at radius 1 is 1.18 bits per heavy atom. The standard InChI is InChI=1S/C16H17NO5/c1-20-10-4-5-11(13(8-10)16(19)22-3)12-6-7-15(21-2)17-14(12)9-18/h4-5,8-9H,6-7H2,1-3H3. The molecule has 116 valence electrons. The van der Waals surface area contributed by atoms with E-state index in [4.69, 9.17) is 14.2 Å². The van der Waals surface area contributed by atoms with Crippen LogP contribution < -0.4 is 4.74 Å². The van der Waals surface area contributed by atoms with Gasteiger partial charge in [-0.2, -0.15) is 0 Å². The van der Waals surface area contributed by atoms with Gasteiger partial charge in [-0.25, -0.2) is 9.79 Å². The zero-order valence-corrected chi connectivity index (χ0v) is 12.7. The molecule has 22 heavy (non-hydrogen) atoms.